The van der Waals surface area contributed by atoms with E-state index < -0.39 is 0 Å². The van der Waals surface area contributed by atoms with E-state index in [1.54, 1.807) is 7.11 Å². The minimum atomic E-state index is -0.00423. The molecule has 0 N–H and O–H groups in total. The number of thiophene rings is 1. The van der Waals surface area contributed by atoms with Gasteiger partial charge in [0.2, 0.25) is 11.7 Å². The van der Waals surface area contributed by atoms with Gasteiger partial charge >= 0.3 is 0 Å². The average Bonchev–Trinajstić information content (AvgIpc) is 3.44. The Balaban J connectivity index is 1.20. The lowest BCUT2D eigenvalue weighted by molar-refractivity contribution is 0.0620. The molecule has 5 rings (SSSR count). The summed E-state index contributed by atoms with van der Waals surface area (Å²) < 4.78 is 11.7. The van der Waals surface area contributed by atoms with Crippen molar-refractivity contribution in [3.8, 4) is 17.1 Å². The number of hydrogen-bond acceptors (Lipinski definition) is 7. The van der Waals surface area contributed by atoms with Crippen molar-refractivity contribution in [3.05, 3.63) is 64.3 Å². The topological polar surface area (TPSA) is 71.7 Å². The minimum Gasteiger partial charge on any atom is -0.497 e. The van der Waals surface area contributed by atoms with Gasteiger partial charge in [-0.05, 0) is 30.3 Å². The van der Waals surface area contributed by atoms with Gasteiger partial charge < -0.3 is 14.2 Å². The molecule has 7 nitrogen and oxygen atoms in total. The fraction of sp³-hybridized carbons (Fsp3) is 0.261. The molecule has 0 radical (unpaired) electrons. The van der Waals surface area contributed by atoms with Gasteiger partial charge in [-0.2, -0.15) is 4.98 Å². The molecule has 1 aliphatic rings. The summed E-state index contributed by atoms with van der Waals surface area (Å²) in [4.78, 5) is 22.2. The fourth-order valence-electron chi connectivity index (χ4n) is 3.77. The number of carbonyl (C=O) groups is 1. The number of fused-ring (bicyclic) bond motifs is 1. The Morgan fingerprint density at radius 3 is 2.59 bits per heavy atom. The van der Waals surface area contributed by atoms with Crippen molar-refractivity contribution in [2.75, 3.05) is 33.3 Å². The van der Waals surface area contributed by atoms with E-state index in [1.807, 2.05) is 53.4 Å². The van der Waals surface area contributed by atoms with Crippen molar-refractivity contribution in [2.45, 2.75) is 6.54 Å². The summed E-state index contributed by atoms with van der Waals surface area (Å²) in [6.45, 7) is 3.27. The van der Waals surface area contributed by atoms with Crippen LogP contribution in [-0.4, -0.2) is 59.1 Å². The minimum absolute atomic E-state index is 0.00423. The summed E-state index contributed by atoms with van der Waals surface area (Å²) in [5.74, 6) is 1.89. The van der Waals surface area contributed by atoms with E-state index in [4.69, 9.17) is 20.9 Å². The number of piperazine rings is 1. The van der Waals surface area contributed by atoms with E-state index in [9.17, 15) is 4.79 Å². The van der Waals surface area contributed by atoms with E-state index in [2.05, 4.69) is 15.0 Å². The van der Waals surface area contributed by atoms with Crippen LogP contribution in [0.2, 0.25) is 5.02 Å². The molecule has 1 aliphatic heterocycles. The molecule has 0 saturated carbocycles. The second-order valence-corrected chi connectivity index (χ2v) is 8.98. The van der Waals surface area contributed by atoms with Crippen LogP contribution >= 0.6 is 22.9 Å². The number of halogens is 1. The van der Waals surface area contributed by atoms with Gasteiger partial charge in [-0.3, -0.25) is 9.69 Å². The molecule has 0 atom stereocenters. The maximum absolute atomic E-state index is 13.0. The molecule has 32 heavy (non-hydrogen) atoms. The molecular formula is C23H21ClN4O3S. The Hall–Kier alpha value is -2.94. The highest BCUT2D eigenvalue weighted by atomic mass is 35.5. The van der Waals surface area contributed by atoms with Crippen LogP contribution in [0.5, 0.6) is 5.75 Å². The van der Waals surface area contributed by atoms with Crippen molar-refractivity contribution >= 4 is 38.9 Å². The third kappa shape index (κ3) is 4.09. The maximum atomic E-state index is 13.0. The van der Waals surface area contributed by atoms with Gasteiger partial charge in [0.25, 0.3) is 5.91 Å². The molecule has 9 heteroatoms. The van der Waals surface area contributed by atoms with E-state index in [-0.39, 0.29) is 5.91 Å². The highest BCUT2D eigenvalue weighted by molar-refractivity contribution is 7.21. The fourth-order valence-corrected chi connectivity index (χ4v) is 5.25. The van der Waals surface area contributed by atoms with Gasteiger partial charge in [-0.25, -0.2) is 0 Å². The molecule has 1 fully saturated rings. The SMILES string of the molecule is COc1ccc(-c2noc(CN3CCN(C(=O)c4sc5ccccc5c4Cl)CC3)n2)cc1. The lowest BCUT2D eigenvalue weighted by Gasteiger charge is -2.33. The molecule has 0 unspecified atom stereocenters. The summed E-state index contributed by atoms with van der Waals surface area (Å²) in [6.07, 6.45) is 0. The van der Waals surface area contributed by atoms with Crippen molar-refractivity contribution in [3.63, 3.8) is 0 Å². The van der Waals surface area contributed by atoms with Gasteiger partial charge in [0, 0.05) is 41.8 Å². The Labute approximate surface area is 194 Å². The van der Waals surface area contributed by atoms with Gasteiger partial charge in [-0.1, -0.05) is 35.0 Å². The van der Waals surface area contributed by atoms with E-state index in [0.717, 1.165) is 34.5 Å². The molecule has 1 saturated heterocycles. The molecule has 1 amide bonds. The van der Waals surface area contributed by atoms with Gasteiger partial charge in [0.15, 0.2) is 0 Å². The predicted molar refractivity (Wildman–Crippen MR) is 124 cm³/mol. The first-order chi connectivity index (χ1) is 15.6. The first-order valence-electron chi connectivity index (χ1n) is 10.3. The number of rotatable bonds is 5. The van der Waals surface area contributed by atoms with E-state index in [0.29, 0.717) is 41.2 Å². The summed E-state index contributed by atoms with van der Waals surface area (Å²) in [6, 6.07) is 15.4. The van der Waals surface area contributed by atoms with Crippen molar-refractivity contribution in [2.24, 2.45) is 0 Å². The van der Waals surface area contributed by atoms with Crippen molar-refractivity contribution < 1.29 is 14.1 Å². The highest BCUT2D eigenvalue weighted by Crippen LogP contribution is 2.36. The van der Waals surface area contributed by atoms with Crippen LogP contribution in [0, 0.1) is 0 Å². The zero-order valence-corrected chi connectivity index (χ0v) is 19.0. The van der Waals surface area contributed by atoms with Crippen LogP contribution in [0.15, 0.2) is 53.1 Å². The summed E-state index contributed by atoms with van der Waals surface area (Å²) >= 11 is 7.95. The Bertz CT molecular complexity index is 1250. The summed E-state index contributed by atoms with van der Waals surface area (Å²) in [5, 5.41) is 5.58. The summed E-state index contributed by atoms with van der Waals surface area (Å²) in [7, 11) is 1.63. The Kier molecular flexibility index (Phi) is 5.82. The molecule has 2 aromatic heterocycles. The van der Waals surface area contributed by atoms with Crippen molar-refractivity contribution in [1.82, 2.24) is 19.9 Å². The highest BCUT2D eigenvalue weighted by Gasteiger charge is 2.26. The number of ether oxygens (including phenoxy) is 1. The Morgan fingerprint density at radius 1 is 1.12 bits per heavy atom. The lowest BCUT2D eigenvalue weighted by atomic mass is 10.2. The van der Waals surface area contributed by atoms with Crippen LogP contribution in [0.4, 0.5) is 0 Å². The van der Waals surface area contributed by atoms with Gasteiger partial charge in [0.05, 0.1) is 18.7 Å². The maximum Gasteiger partial charge on any atom is 0.265 e. The molecular weight excluding hydrogens is 448 g/mol. The first-order valence-corrected chi connectivity index (χ1v) is 11.5. The number of nitrogens with zero attached hydrogens (tertiary/aromatic N) is 4. The number of benzene rings is 2. The van der Waals surface area contributed by atoms with Crippen molar-refractivity contribution in [1.29, 1.82) is 0 Å². The zero-order valence-electron chi connectivity index (χ0n) is 17.5. The monoisotopic (exact) mass is 468 g/mol. The van der Waals surface area contributed by atoms with Crippen LogP contribution < -0.4 is 4.74 Å². The molecule has 0 aliphatic carbocycles. The number of aromatic nitrogens is 2. The quantitative estimate of drug-likeness (QED) is 0.427. The smallest absolute Gasteiger partial charge is 0.265 e. The molecule has 0 spiro atoms. The van der Waals surface area contributed by atoms with Crippen LogP contribution in [0.1, 0.15) is 15.6 Å². The number of amides is 1. The molecule has 164 valence electrons. The normalized spacial score (nSPS) is 14.8. The number of hydrogen-bond donors (Lipinski definition) is 0. The first kappa shape index (κ1) is 20.9. The standard InChI is InChI=1S/C23H21ClN4O3S/c1-30-16-8-6-15(7-9-16)22-25-19(31-26-22)14-27-10-12-28(13-11-27)23(29)21-20(24)17-4-2-3-5-18(17)32-21/h2-9H,10-14H2,1H3. The van der Waals surface area contributed by atoms with Crippen LogP contribution in [0.25, 0.3) is 21.5 Å². The molecule has 2 aromatic carbocycles. The van der Waals surface area contributed by atoms with E-state index in [1.165, 1.54) is 11.3 Å². The molecule has 4 aromatic rings. The van der Waals surface area contributed by atoms with Crippen LogP contribution in [0.3, 0.4) is 0 Å². The lowest BCUT2D eigenvalue weighted by Crippen LogP contribution is -2.48. The number of carbonyl (C=O) groups excluding carboxylic acids is 1. The second kappa shape index (κ2) is 8.90. The summed E-state index contributed by atoms with van der Waals surface area (Å²) in [5.41, 5.74) is 0.872. The van der Waals surface area contributed by atoms with Crippen LogP contribution in [-0.2, 0) is 6.54 Å². The molecule has 3 heterocycles. The van der Waals surface area contributed by atoms with E-state index >= 15 is 0 Å². The van der Waals surface area contributed by atoms with Gasteiger partial charge in [0.1, 0.15) is 10.6 Å². The second-order valence-electron chi connectivity index (χ2n) is 7.55. The van der Waals surface area contributed by atoms with Gasteiger partial charge in [-0.15, -0.1) is 11.3 Å². The zero-order chi connectivity index (χ0) is 22.1. The number of methoxy groups -OCH3 is 1. The Morgan fingerprint density at radius 2 is 1.88 bits per heavy atom. The molecule has 0 bridgehead atoms. The predicted octanol–water partition coefficient (Wildman–Crippen LogP) is 4.57. The third-order valence-electron chi connectivity index (χ3n) is 5.56. The third-order valence-corrected chi connectivity index (χ3v) is 7.23. The largest absolute Gasteiger partial charge is 0.497 e. The average molecular weight is 469 g/mol.